The summed E-state index contributed by atoms with van der Waals surface area (Å²) in [5, 5.41) is 3.49. The molecule has 0 spiro atoms. The SMILES string of the molecule is CCC(CC)NS(=O)(=O)c1ccc(NC2CCCC3OCCC23)nc1. The van der Waals surface area contributed by atoms with E-state index in [4.69, 9.17) is 4.74 Å². The van der Waals surface area contributed by atoms with Crippen molar-refractivity contribution in [1.29, 1.82) is 0 Å². The van der Waals surface area contributed by atoms with Gasteiger partial charge in [0, 0.05) is 30.8 Å². The lowest BCUT2D eigenvalue weighted by Gasteiger charge is -2.33. The van der Waals surface area contributed by atoms with E-state index in [0.717, 1.165) is 50.9 Å². The molecular formula is C18H29N3O3S. The fraction of sp³-hybridized carbons (Fsp3) is 0.722. The van der Waals surface area contributed by atoms with Crippen molar-refractivity contribution >= 4 is 15.8 Å². The Hall–Kier alpha value is -1.18. The lowest BCUT2D eigenvalue weighted by molar-refractivity contribution is 0.0619. The van der Waals surface area contributed by atoms with Gasteiger partial charge in [-0.2, -0.15) is 0 Å². The molecule has 6 nitrogen and oxygen atoms in total. The highest BCUT2D eigenvalue weighted by molar-refractivity contribution is 7.89. The molecule has 3 rings (SSSR count). The maximum absolute atomic E-state index is 12.4. The molecule has 1 saturated heterocycles. The predicted molar refractivity (Wildman–Crippen MR) is 98.0 cm³/mol. The standard InChI is InChI=1S/C18H29N3O3S/c1-3-13(4-2)21-25(22,23)14-8-9-18(19-12-14)20-16-6-5-7-17-15(16)10-11-24-17/h8-9,12-13,15-17,21H,3-7,10-11H2,1-2H3,(H,19,20). The second-order valence-electron chi connectivity index (χ2n) is 7.06. The third-order valence-electron chi connectivity index (χ3n) is 5.47. The molecule has 25 heavy (non-hydrogen) atoms. The summed E-state index contributed by atoms with van der Waals surface area (Å²) in [6, 6.07) is 3.72. The fourth-order valence-corrected chi connectivity index (χ4v) is 5.26. The first-order valence-electron chi connectivity index (χ1n) is 9.40. The van der Waals surface area contributed by atoms with Gasteiger partial charge in [-0.15, -0.1) is 0 Å². The van der Waals surface area contributed by atoms with Crippen LogP contribution in [-0.2, 0) is 14.8 Å². The molecule has 0 amide bonds. The Balaban J connectivity index is 1.66. The van der Waals surface area contributed by atoms with Gasteiger partial charge in [-0.05, 0) is 50.7 Å². The van der Waals surface area contributed by atoms with Crippen LogP contribution in [0.4, 0.5) is 5.82 Å². The van der Waals surface area contributed by atoms with Gasteiger partial charge in [0.25, 0.3) is 0 Å². The molecule has 2 aliphatic rings. The van der Waals surface area contributed by atoms with E-state index < -0.39 is 10.0 Å². The molecule has 0 aromatic carbocycles. The number of sulfonamides is 1. The third-order valence-corrected chi connectivity index (χ3v) is 6.97. The summed E-state index contributed by atoms with van der Waals surface area (Å²) in [5.74, 6) is 1.27. The minimum atomic E-state index is -3.51. The number of hydrogen-bond donors (Lipinski definition) is 2. The number of nitrogens with zero attached hydrogens (tertiary/aromatic N) is 1. The minimum absolute atomic E-state index is 0.0376. The van der Waals surface area contributed by atoms with Crippen molar-refractivity contribution < 1.29 is 13.2 Å². The molecule has 0 radical (unpaired) electrons. The Labute approximate surface area is 150 Å². The molecular weight excluding hydrogens is 338 g/mol. The van der Waals surface area contributed by atoms with Crippen molar-refractivity contribution in [2.75, 3.05) is 11.9 Å². The highest BCUT2D eigenvalue weighted by atomic mass is 32.2. The maximum atomic E-state index is 12.4. The topological polar surface area (TPSA) is 80.3 Å². The number of fused-ring (bicyclic) bond motifs is 1. The summed E-state index contributed by atoms with van der Waals surface area (Å²) in [5.41, 5.74) is 0. The zero-order valence-corrected chi connectivity index (χ0v) is 15.9. The van der Waals surface area contributed by atoms with Crippen LogP contribution >= 0.6 is 0 Å². The van der Waals surface area contributed by atoms with Crippen LogP contribution < -0.4 is 10.0 Å². The van der Waals surface area contributed by atoms with Gasteiger partial charge in [-0.25, -0.2) is 18.1 Å². The molecule has 1 aromatic rings. The van der Waals surface area contributed by atoms with E-state index in [1.807, 2.05) is 13.8 Å². The predicted octanol–water partition coefficient (Wildman–Crippen LogP) is 2.92. The summed E-state index contributed by atoms with van der Waals surface area (Å²) in [4.78, 5) is 4.56. The largest absolute Gasteiger partial charge is 0.378 e. The van der Waals surface area contributed by atoms with Crippen LogP contribution in [0.1, 0.15) is 52.4 Å². The Morgan fingerprint density at radius 1 is 1.24 bits per heavy atom. The summed E-state index contributed by atoms with van der Waals surface area (Å²) in [7, 11) is -3.51. The highest BCUT2D eigenvalue weighted by Crippen LogP contribution is 2.35. The van der Waals surface area contributed by atoms with Crippen LogP contribution in [0.15, 0.2) is 23.2 Å². The molecule has 1 saturated carbocycles. The normalized spacial score (nSPS) is 26.6. The van der Waals surface area contributed by atoms with Gasteiger partial charge in [0.05, 0.1) is 6.10 Å². The Kier molecular flexibility index (Phi) is 5.96. The van der Waals surface area contributed by atoms with Crippen molar-refractivity contribution in [3.05, 3.63) is 18.3 Å². The van der Waals surface area contributed by atoms with Crippen molar-refractivity contribution in [2.45, 2.75) is 75.5 Å². The van der Waals surface area contributed by atoms with Crippen molar-refractivity contribution in [1.82, 2.24) is 9.71 Å². The molecule has 3 unspecified atom stereocenters. The van der Waals surface area contributed by atoms with E-state index in [1.54, 1.807) is 12.1 Å². The first-order chi connectivity index (χ1) is 12.0. The first-order valence-corrected chi connectivity index (χ1v) is 10.9. The molecule has 1 aliphatic heterocycles. The number of pyridine rings is 1. The summed E-state index contributed by atoms with van der Waals surface area (Å²) < 4.78 is 33.4. The van der Waals surface area contributed by atoms with E-state index in [0.29, 0.717) is 18.1 Å². The van der Waals surface area contributed by atoms with Gasteiger partial charge >= 0.3 is 0 Å². The van der Waals surface area contributed by atoms with Gasteiger partial charge in [0.1, 0.15) is 10.7 Å². The van der Waals surface area contributed by atoms with Gasteiger partial charge in [0.15, 0.2) is 0 Å². The molecule has 2 heterocycles. The zero-order valence-electron chi connectivity index (χ0n) is 15.1. The minimum Gasteiger partial charge on any atom is -0.378 e. The van der Waals surface area contributed by atoms with E-state index >= 15 is 0 Å². The van der Waals surface area contributed by atoms with E-state index in [2.05, 4.69) is 15.0 Å². The molecule has 1 aromatic heterocycles. The average Bonchev–Trinajstić information content (AvgIpc) is 3.10. The van der Waals surface area contributed by atoms with Gasteiger partial charge in [0.2, 0.25) is 10.0 Å². The number of ether oxygens (including phenoxy) is 1. The number of hydrogen-bond acceptors (Lipinski definition) is 5. The molecule has 0 bridgehead atoms. The summed E-state index contributed by atoms with van der Waals surface area (Å²) in [6.07, 6.45) is 7.87. The molecule has 140 valence electrons. The molecule has 1 aliphatic carbocycles. The second kappa shape index (κ2) is 8.01. The van der Waals surface area contributed by atoms with Crippen LogP contribution in [0.25, 0.3) is 0 Å². The van der Waals surface area contributed by atoms with E-state index in [-0.39, 0.29) is 10.9 Å². The van der Waals surface area contributed by atoms with Crippen LogP contribution in [-0.4, -0.2) is 38.2 Å². The Bertz CT molecular complexity index is 659. The smallest absolute Gasteiger partial charge is 0.242 e. The monoisotopic (exact) mass is 367 g/mol. The number of rotatable bonds is 7. The zero-order chi connectivity index (χ0) is 17.9. The van der Waals surface area contributed by atoms with Crippen LogP contribution in [0.2, 0.25) is 0 Å². The van der Waals surface area contributed by atoms with Crippen molar-refractivity contribution in [3.63, 3.8) is 0 Å². The van der Waals surface area contributed by atoms with E-state index in [9.17, 15) is 8.42 Å². The molecule has 2 fully saturated rings. The third kappa shape index (κ3) is 4.33. The van der Waals surface area contributed by atoms with Crippen molar-refractivity contribution in [2.24, 2.45) is 5.92 Å². The summed E-state index contributed by atoms with van der Waals surface area (Å²) >= 11 is 0. The Morgan fingerprint density at radius 2 is 2.04 bits per heavy atom. The summed E-state index contributed by atoms with van der Waals surface area (Å²) in [6.45, 7) is 4.80. The van der Waals surface area contributed by atoms with Gasteiger partial charge in [-0.3, -0.25) is 0 Å². The van der Waals surface area contributed by atoms with Crippen molar-refractivity contribution in [3.8, 4) is 0 Å². The van der Waals surface area contributed by atoms with Crippen LogP contribution in [0, 0.1) is 5.92 Å². The molecule has 2 N–H and O–H groups in total. The quantitative estimate of drug-likeness (QED) is 0.774. The second-order valence-corrected chi connectivity index (χ2v) is 8.77. The van der Waals surface area contributed by atoms with Gasteiger partial charge in [-0.1, -0.05) is 13.8 Å². The molecule has 7 heteroatoms. The lowest BCUT2D eigenvalue weighted by atomic mass is 9.82. The van der Waals surface area contributed by atoms with Crippen LogP contribution in [0.5, 0.6) is 0 Å². The van der Waals surface area contributed by atoms with Gasteiger partial charge < -0.3 is 10.1 Å². The maximum Gasteiger partial charge on any atom is 0.242 e. The highest BCUT2D eigenvalue weighted by Gasteiger charge is 2.37. The number of nitrogens with one attached hydrogen (secondary N) is 2. The number of aromatic nitrogens is 1. The van der Waals surface area contributed by atoms with E-state index in [1.165, 1.54) is 6.20 Å². The molecule has 3 atom stereocenters. The number of anilines is 1. The Morgan fingerprint density at radius 3 is 2.72 bits per heavy atom. The fourth-order valence-electron chi connectivity index (χ4n) is 3.91. The average molecular weight is 368 g/mol. The van der Waals surface area contributed by atoms with Crippen LogP contribution in [0.3, 0.4) is 0 Å². The first kappa shape index (κ1) is 18.6. The lowest BCUT2D eigenvalue weighted by Crippen LogP contribution is -2.38.